The number of carbonyl (C=O) groups excluding carboxylic acids is 1. The van der Waals surface area contributed by atoms with Gasteiger partial charge in [0.2, 0.25) is 5.91 Å². The highest BCUT2D eigenvalue weighted by molar-refractivity contribution is 5.85. The Bertz CT molecular complexity index is 640. The number of fused-ring (bicyclic) bond motifs is 1. The summed E-state index contributed by atoms with van der Waals surface area (Å²) in [6.45, 7) is 6.32. The molecule has 0 radical (unpaired) electrons. The summed E-state index contributed by atoms with van der Waals surface area (Å²) in [7, 11) is 0. The highest BCUT2D eigenvalue weighted by Gasteiger charge is 2.16. The molecule has 0 bridgehead atoms. The summed E-state index contributed by atoms with van der Waals surface area (Å²) < 4.78 is 11.4. The van der Waals surface area contributed by atoms with E-state index in [4.69, 9.17) is 14.9 Å². The van der Waals surface area contributed by atoms with Gasteiger partial charge in [0.15, 0.2) is 11.3 Å². The third-order valence-electron chi connectivity index (χ3n) is 3.46. The zero-order valence-electron chi connectivity index (χ0n) is 13.8. The molecule has 0 aliphatic rings. The van der Waals surface area contributed by atoms with E-state index in [0.717, 1.165) is 22.5 Å². The van der Waals surface area contributed by atoms with Crippen LogP contribution in [0.3, 0.4) is 0 Å². The number of para-hydroxylation sites is 1. The van der Waals surface area contributed by atoms with Crippen LogP contribution in [0.4, 0.5) is 0 Å². The molecular weight excluding hydrogens is 316 g/mol. The second kappa shape index (κ2) is 8.79. The molecule has 0 spiro atoms. The van der Waals surface area contributed by atoms with E-state index in [9.17, 15) is 4.79 Å². The number of nitrogens with two attached hydrogens (primary N) is 1. The van der Waals surface area contributed by atoms with E-state index in [-0.39, 0.29) is 30.4 Å². The summed E-state index contributed by atoms with van der Waals surface area (Å²) >= 11 is 0. The smallest absolute Gasteiger partial charge is 0.220 e. The minimum absolute atomic E-state index is 0. The van der Waals surface area contributed by atoms with E-state index < -0.39 is 0 Å². The minimum atomic E-state index is -0.192. The number of halogens is 1. The first-order valence-electron chi connectivity index (χ1n) is 7.71. The summed E-state index contributed by atoms with van der Waals surface area (Å²) in [6.07, 6.45) is 1.10. The van der Waals surface area contributed by atoms with Crippen molar-refractivity contribution in [1.29, 1.82) is 0 Å². The molecule has 0 saturated carbocycles. The van der Waals surface area contributed by atoms with Crippen LogP contribution in [0.25, 0.3) is 11.0 Å². The lowest BCUT2D eigenvalue weighted by Crippen LogP contribution is -2.28. The Morgan fingerprint density at radius 1 is 1.39 bits per heavy atom. The first-order valence-corrected chi connectivity index (χ1v) is 7.71. The van der Waals surface area contributed by atoms with E-state index >= 15 is 0 Å². The molecule has 23 heavy (non-hydrogen) atoms. The molecular formula is C17H25ClN2O3. The first kappa shape index (κ1) is 19.3. The lowest BCUT2D eigenvalue weighted by Gasteiger charge is -2.12. The number of hydrogen-bond acceptors (Lipinski definition) is 4. The molecule has 0 aliphatic carbocycles. The van der Waals surface area contributed by atoms with Crippen LogP contribution < -0.4 is 15.8 Å². The van der Waals surface area contributed by atoms with Gasteiger partial charge < -0.3 is 20.2 Å². The summed E-state index contributed by atoms with van der Waals surface area (Å²) in [4.78, 5) is 11.9. The molecule has 1 aromatic heterocycles. The molecule has 3 N–H and O–H groups in total. The zero-order chi connectivity index (χ0) is 16.1. The minimum Gasteiger partial charge on any atom is -0.490 e. The maximum Gasteiger partial charge on any atom is 0.220 e. The van der Waals surface area contributed by atoms with Crippen molar-refractivity contribution in [2.75, 3.05) is 6.61 Å². The van der Waals surface area contributed by atoms with Crippen LogP contribution in [0, 0.1) is 0 Å². The van der Waals surface area contributed by atoms with E-state index in [1.807, 2.05) is 45.0 Å². The van der Waals surface area contributed by atoms with E-state index in [0.29, 0.717) is 19.4 Å². The van der Waals surface area contributed by atoms with Crippen LogP contribution in [0.15, 0.2) is 28.7 Å². The molecule has 6 heteroatoms. The molecule has 0 saturated heterocycles. The zero-order valence-corrected chi connectivity index (χ0v) is 14.6. The predicted octanol–water partition coefficient (Wildman–Crippen LogP) is 3.56. The Kier molecular flexibility index (Phi) is 7.39. The van der Waals surface area contributed by atoms with Crippen molar-refractivity contribution in [3.05, 3.63) is 30.0 Å². The van der Waals surface area contributed by atoms with Gasteiger partial charge in [-0.25, -0.2) is 0 Å². The van der Waals surface area contributed by atoms with Crippen molar-refractivity contribution >= 4 is 29.3 Å². The molecule has 0 aliphatic heterocycles. The number of nitrogens with one attached hydrogen (secondary N) is 1. The average molecular weight is 341 g/mol. The van der Waals surface area contributed by atoms with Gasteiger partial charge in [-0.15, -0.1) is 12.4 Å². The number of carbonyl (C=O) groups is 1. The van der Waals surface area contributed by atoms with Crippen LogP contribution in [0.2, 0.25) is 0 Å². The number of hydrogen-bond donors (Lipinski definition) is 2. The number of furan rings is 1. The Labute approximate surface area is 143 Å². The third-order valence-corrected chi connectivity index (χ3v) is 3.46. The second-order valence-electron chi connectivity index (χ2n) is 5.56. The molecule has 1 aromatic carbocycles. The van der Waals surface area contributed by atoms with Gasteiger partial charge in [-0.3, -0.25) is 4.79 Å². The maximum atomic E-state index is 11.9. The van der Waals surface area contributed by atoms with Gasteiger partial charge in [-0.1, -0.05) is 12.1 Å². The van der Waals surface area contributed by atoms with Crippen LogP contribution in [-0.4, -0.2) is 18.6 Å². The number of benzene rings is 1. The van der Waals surface area contributed by atoms with Crippen molar-refractivity contribution in [2.45, 2.75) is 45.7 Å². The Morgan fingerprint density at radius 2 is 2.13 bits per heavy atom. The Balaban J connectivity index is 0.00000264. The fourth-order valence-electron chi connectivity index (χ4n) is 2.28. The summed E-state index contributed by atoms with van der Waals surface area (Å²) in [5.74, 6) is 1.42. The molecule has 2 atom stereocenters. The number of ether oxygens (including phenoxy) is 1. The lowest BCUT2D eigenvalue weighted by molar-refractivity contribution is -0.122. The largest absolute Gasteiger partial charge is 0.490 e. The van der Waals surface area contributed by atoms with Crippen LogP contribution in [0.1, 0.15) is 45.4 Å². The normalized spacial score (nSPS) is 13.2. The molecule has 128 valence electrons. The molecule has 1 heterocycles. The fourth-order valence-corrected chi connectivity index (χ4v) is 2.28. The summed E-state index contributed by atoms with van der Waals surface area (Å²) in [6, 6.07) is 7.55. The van der Waals surface area contributed by atoms with E-state index in [1.165, 1.54) is 0 Å². The monoisotopic (exact) mass is 340 g/mol. The van der Waals surface area contributed by atoms with Gasteiger partial charge in [-0.05, 0) is 39.3 Å². The molecule has 0 fully saturated rings. The molecule has 2 unspecified atom stereocenters. The number of amides is 1. The van der Waals surface area contributed by atoms with E-state index in [1.54, 1.807) is 0 Å². The quantitative estimate of drug-likeness (QED) is 0.807. The highest BCUT2D eigenvalue weighted by atomic mass is 35.5. The van der Waals surface area contributed by atoms with Crippen molar-refractivity contribution in [2.24, 2.45) is 5.73 Å². The van der Waals surface area contributed by atoms with Crippen molar-refractivity contribution in [3.63, 3.8) is 0 Å². The van der Waals surface area contributed by atoms with Gasteiger partial charge in [0.25, 0.3) is 0 Å². The fraction of sp³-hybridized carbons (Fsp3) is 0.471. The van der Waals surface area contributed by atoms with Crippen LogP contribution >= 0.6 is 12.4 Å². The average Bonchev–Trinajstić information content (AvgIpc) is 2.90. The van der Waals surface area contributed by atoms with Gasteiger partial charge in [0.05, 0.1) is 12.6 Å². The van der Waals surface area contributed by atoms with Crippen molar-refractivity contribution in [3.8, 4) is 5.75 Å². The van der Waals surface area contributed by atoms with Gasteiger partial charge >= 0.3 is 0 Å². The summed E-state index contributed by atoms with van der Waals surface area (Å²) in [5.41, 5.74) is 6.38. The molecule has 2 rings (SSSR count). The van der Waals surface area contributed by atoms with Crippen molar-refractivity contribution in [1.82, 2.24) is 5.32 Å². The first-order chi connectivity index (χ1) is 10.5. The van der Waals surface area contributed by atoms with Gasteiger partial charge in [0, 0.05) is 17.8 Å². The van der Waals surface area contributed by atoms with Crippen molar-refractivity contribution < 1.29 is 13.9 Å². The van der Waals surface area contributed by atoms with Gasteiger partial charge in [0.1, 0.15) is 5.76 Å². The topological polar surface area (TPSA) is 77.5 Å². The second-order valence-corrected chi connectivity index (χ2v) is 5.56. The number of rotatable bonds is 7. The van der Waals surface area contributed by atoms with Crippen LogP contribution in [0.5, 0.6) is 5.75 Å². The highest BCUT2D eigenvalue weighted by Crippen LogP contribution is 2.31. The molecule has 2 aromatic rings. The lowest BCUT2D eigenvalue weighted by atomic mass is 10.1. The SMILES string of the molecule is CCOc1cccc2cc(C(C)NC(=O)CCC(C)N)oc12.Cl. The standard InChI is InChI=1S/C17H24N2O3.ClH/c1-4-21-14-7-5-6-13-10-15(22-17(13)14)12(3)19-16(20)9-8-11(2)18;/h5-7,10-12H,4,8-9,18H2,1-3H3,(H,19,20);1H. The Morgan fingerprint density at radius 3 is 2.78 bits per heavy atom. The molecule has 1 amide bonds. The predicted molar refractivity (Wildman–Crippen MR) is 94.1 cm³/mol. The Hall–Kier alpha value is -1.72. The van der Waals surface area contributed by atoms with E-state index in [2.05, 4.69) is 5.32 Å². The molecule has 5 nitrogen and oxygen atoms in total. The maximum absolute atomic E-state index is 11.9. The summed E-state index contributed by atoms with van der Waals surface area (Å²) in [5, 5.41) is 3.90. The van der Waals surface area contributed by atoms with Gasteiger partial charge in [-0.2, -0.15) is 0 Å². The van der Waals surface area contributed by atoms with Crippen LogP contribution in [-0.2, 0) is 4.79 Å². The third kappa shape index (κ3) is 5.15.